The fourth-order valence-electron chi connectivity index (χ4n) is 5.18. The highest BCUT2D eigenvalue weighted by atomic mass is 19.3. The number of likely N-dealkylation sites (N-methyl/N-ethyl adjacent to an activating group) is 1. The molecule has 1 aliphatic heterocycles. The molecular formula is C29H41F2N7O2. The molecular weight excluding hydrogens is 516 g/mol. The fraction of sp³-hybridized carbons (Fsp3) is 0.621. The van der Waals surface area contributed by atoms with Crippen molar-refractivity contribution in [2.75, 3.05) is 26.7 Å². The Kier molecular flexibility index (Phi) is 8.18. The summed E-state index contributed by atoms with van der Waals surface area (Å²) in [5, 5.41) is 12.4. The highest BCUT2D eigenvalue weighted by Gasteiger charge is 2.37. The van der Waals surface area contributed by atoms with Crippen LogP contribution in [0.4, 0.5) is 8.78 Å². The maximum absolute atomic E-state index is 13.4. The second-order valence-corrected chi connectivity index (χ2v) is 12.6. The van der Waals surface area contributed by atoms with E-state index in [9.17, 15) is 13.6 Å². The largest absolute Gasteiger partial charge is 0.420 e. The predicted octanol–water partition coefficient (Wildman–Crippen LogP) is 5.51. The van der Waals surface area contributed by atoms with Crippen molar-refractivity contribution in [1.29, 1.82) is 0 Å². The lowest BCUT2D eigenvalue weighted by atomic mass is 9.82. The number of carbonyl (C=O) groups is 1. The highest BCUT2D eigenvalue weighted by Crippen LogP contribution is 2.41. The molecule has 1 saturated heterocycles. The molecule has 5 rings (SSSR count). The lowest BCUT2D eigenvalue weighted by Crippen LogP contribution is -2.56. The van der Waals surface area contributed by atoms with Gasteiger partial charge in [-0.15, -0.1) is 10.2 Å². The average Bonchev–Trinajstić information content (AvgIpc) is 3.50. The molecule has 11 heteroatoms. The van der Waals surface area contributed by atoms with Crippen LogP contribution in [0.3, 0.4) is 0 Å². The number of halogens is 2. The summed E-state index contributed by atoms with van der Waals surface area (Å²) < 4.78 is 33.8. The Hall–Kier alpha value is -3.21. The first-order valence-corrected chi connectivity index (χ1v) is 13.8. The molecule has 0 N–H and O–H groups in total. The summed E-state index contributed by atoms with van der Waals surface area (Å²) in [7, 11) is 2.15. The number of aryl methyl sites for hydroxylation is 1. The van der Waals surface area contributed by atoms with E-state index < -0.39 is 5.92 Å². The summed E-state index contributed by atoms with van der Waals surface area (Å²) in [4.78, 5) is 19.9. The van der Waals surface area contributed by atoms with Gasteiger partial charge in [-0.1, -0.05) is 27.4 Å². The van der Waals surface area contributed by atoms with Gasteiger partial charge in [0.25, 0.3) is 5.89 Å². The molecule has 0 bridgehead atoms. The van der Waals surface area contributed by atoms with Gasteiger partial charge in [0, 0.05) is 56.4 Å². The van der Waals surface area contributed by atoms with Crippen molar-refractivity contribution in [3.63, 3.8) is 0 Å². The highest BCUT2D eigenvalue weighted by molar-refractivity contribution is 5.73. The number of aromatic nitrogens is 5. The van der Waals surface area contributed by atoms with Crippen LogP contribution in [-0.2, 0) is 5.41 Å². The molecule has 2 fully saturated rings. The van der Waals surface area contributed by atoms with Gasteiger partial charge in [-0.05, 0) is 45.2 Å². The number of piperazine rings is 1. The third kappa shape index (κ3) is 6.56. The Morgan fingerprint density at radius 1 is 1.18 bits per heavy atom. The number of alkyl halides is 2. The van der Waals surface area contributed by atoms with E-state index in [4.69, 9.17) is 4.42 Å². The number of nitrogens with zero attached hydrogens (tertiary/aromatic N) is 7. The molecule has 3 aromatic heterocycles. The first-order valence-electron chi connectivity index (χ1n) is 13.8. The standard InChI is InChI=1S/C17H21F2N3O.C12H20N4O/c1-16(2,3)13-8-14(11-4-6-17(18,19)7-5-11)21-22-9-12(10-23)20-15(13)22;1-9(11-14-13-10(2)17-11)16-7-6-15(5)12(3,4)8-16/h8-11H,4-7H2,1-3H3;1,6-8H2,2-5H3. The first-order chi connectivity index (χ1) is 18.6. The maximum Gasteiger partial charge on any atom is 0.263 e. The van der Waals surface area contributed by atoms with E-state index in [1.54, 1.807) is 17.6 Å². The van der Waals surface area contributed by atoms with E-state index in [1.165, 1.54) is 0 Å². The Labute approximate surface area is 234 Å². The summed E-state index contributed by atoms with van der Waals surface area (Å²) in [5.74, 6) is -1.41. The van der Waals surface area contributed by atoms with Gasteiger partial charge < -0.3 is 9.32 Å². The molecule has 4 heterocycles. The minimum absolute atomic E-state index is 0.0298. The Morgan fingerprint density at radius 3 is 2.40 bits per heavy atom. The smallest absolute Gasteiger partial charge is 0.263 e. The second-order valence-electron chi connectivity index (χ2n) is 12.6. The lowest BCUT2D eigenvalue weighted by Gasteiger charge is -2.46. The molecule has 0 radical (unpaired) electrons. The lowest BCUT2D eigenvalue weighted by molar-refractivity contribution is -0.0385. The Balaban J connectivity index is 0.000000194. The van der Waals surface area contributed by atoms with E-state index in [-0.39, 0.29) is 29.7 Å². The number of carbonyl (C=O) groups excluding carboxylic acids is 1. The van der Waals surface area contributed by atoms with Crippen LogP contribution in [-0.4, -0.2) is 79.0 Å². The molecule has 3 aromatic rings. The van der Waals surface area contributed by atoms with Crippen LogP contribution in [0, 0.1) is 6.92 Å². The van der Waals surface area contributed by atoms with Gasteiger partial charge in [0.05, 0.1) is 17.6 Å². The molecule has 218 valence electrons. The number of aldehydes is 1. The quantitative estimate of drug-likeness (QED) is 0.388. The molecule has 0 amide bonds. The molecule has 0 atom stereocenters. The summed E-state index contributed by atoms with van der Waals surface area (Å²) in [5.41, 5.74) is 3.56. The molecule has 0 spiro atoms. The zero-order valence-electron chi connectivity index (χ0n) is 24.7. The predicted molar refractivity (Wildman–Crippen MR) is 150 cm³/mol. The van der Waals surface area contributed by atoms with Crippen LogP contribution in [0.5, 0.6) is 0 Å². The maximum atomic E-state index is 13.4. The van der Waals surface area contributed by atoms with Crippen LogP contribution < -0.4 is 0 Å². The molecule has 0 unspecified atom stereocenters. The van der Waals surface area contributed by atoms with Crippen LogP contribution in [0.2, 0.25) is 0 Å². The first kappa shape index (κ1) is 29.8. The Bertz CT molecular complexity index is 1360. The molecule has 0 aromatic carbocycles. The van der Waals surface area contributed by atoms with Crippen LogP contribution in [0.25, 0.3) is 11.3 Å². The number of hydrogen-bond donors (Lipinski definition) is 0. The van der Waals surface area contributed by atoms with Crippen molar-refractivity contribution in [3.05, 3.63) is 47.6 Å². The normalized spacial score (nSPS) is 19.8. The van der Waals surface area contributed by atoms with Crippen LogP contribution in [0.1, 0.15) is 99.7 Å². The molecule has 1 saturated carbocycles. The molecule has 2 aliphatic rings. The van der Waals surface area contributed by atoms with Gasteiger partial charge in [-0.3, -0.25) is 9.69 Å². The van der Waals surface area contributed by atoms with E-state index in [0.29, 0.717) is 42.3 Å². The fourth-order valence-corrected chi connectivity index (χ4v) is 5.18. The second kappa shape index (κ2) is 11.0. The minimum atomic E-state index is -2.55. The van der Waals surface area contributed by atoms with Crippen molar-refractivity contribution in [2.45, 2.75) is 90.0 Å². The molecule has 40 heavy (non-hydrogen) atoms. The van der Waals surface area contributed by atoms with Crippen molar-refractivity contribution < 1.29 is 18.0 Å². The van der Waals surface area contributed by atoms with Crippen molar-refractivity contribution in [2.24, 2.45) is 0 Å². The summed E-state index contributed by atoms with van der Waals surface area (Å²) in [6.45, 7) is 19.4. The van der Waals surface area contributed by atoms with Crippen molar-refractivity contribution in [3.8, 4) is 0 Å². The third-order valence-electron chi connectivity index (χ3n) is 8.00. The van der Waals surface area contributed by atoms with Crippen LogP contribution >= 0.6 is 0 Å². The molecule has 9 nitrogen and oxygen atoms in total. The van der Waals surface area contributed by atoms with Gasteiger partial charge in [-0.25, -0.2) is 18.3 Å². The topological polar surface area (TPSA) is 92.7 Å². The van der Waals surface area contributed by atoms with Gasteiger partial charge in [0.2, 0.25) is 11.8 Å². The van der Waals surface area contributed by atoms with Gasteiger partial charge >= 0.3 is 0 Å². The third-order valence-corrected chi connectivity index (χ3v) is 8.00. The zero-order valence-corrected chi connectivity index (χ0v) is 24.7. The summed E-state index contributed by atoms with van der Waals surface area (Å²) in [6, 6.07) is 1.98. The van der Waals surface area contributed by atoms with Gasteiger partial charge in [0.1, 0.15) is 5.69 Å². The van der Waals surface area contributed by atoms with Crippen molar-refractivity contribution >= 4 is 17.6 Å². The number of hydrogen-bond acceptors (Lipinski definition) is 8. The van der Waals surface area contributed by atoms with Gasteiger partial charge in [0.15, 0.2) is 11.9 Å². The SMILES string of the molecule is C=C(c1nnc(C)o1)N1CCN(C)C(C)(C)C1.CC(C)(C)c1cc(C2CCC(F)(F)CC2)nn2cc(C=O)nc12. The van der Waals surface area contributed by atoms with Gasteiger partial charge in [-0.2, -0.15) is 5.10 Å². The number of fused-ring (bicyclic) bond motifs is 1. The van der Waals surface area contributed by atoms with E-state index in [2.05, 4.69) is 78.3 Å². The monoisotopic (exact) mass is 557 g/mol. The number of imidazole rings is 1. The van der Waals surface area contributed by atoms with E-state index >= 15 is 0 Å². The minimum Gasteiger partial charge on any atom is -0.420 e. The Morgan fingerprint density at radius 2 is 1.85 bits per heavy atom. The zero-order chi connectivity index (χ0) is 29.5. The molecule has 1 aliphatic carbocycles. The van der Waals surface area contributed by atoms with E-state index in [1.807, 2.05) is 6.07 Å². The average molecular weight is 558 g/mol. The summed E-state index contributed by atoms with van der Waals surface area (Å²) in [6.07, 6.45) is 2.98. The van der Waals surface area contributed by atoms with Crippen LogP contribution in [0.15, 0.2) is 23.3 Å². The number of rotatable bonds is 4. The van der Waals surface area contributed by atoms with E-state index in [0.717, 1.165) is 36.6 Å². The summed E-state index contributed by atoms with van der Waals surface area (Å²) >= 11 is 0. The van der Waals surface area contributed by atoms with Crippen molar-refractivity contribution in [1.82, 2.24) is 34.6 Å².